The Morgan fingerprint density at radius 1 is 1.39 bits per heavy atom. The number of amides is 1. The third-order valence-electron chi connectivity index (χ3n) is 2.58. The third kappa shape index (κ3) is 4.73. The summed E-state index contributed by atoms with van der Waals surface area (Å²) in [6.07, 6.45) is 4.92. The van der Waals surface area contributed by atoms with Crippen LogP contribution in [0.4, 0.5) is 0 Å². The largest absolute Gasteiger partial charge is 0.354 e. The van der Waals surface area contributed by atoms with E-state index >= 15 is 0 Å². The lowest BCUT2D eigenvalue weighted by Gasteiger charge is -2.07. The Hall–Kier alpha value is -1.58. The molecule has 0 aliphatic heterocycles. The Balaban J connectivity index is 2.48. The summed E-state index contributed by atoms with van der Waals surface area (Å²) in [5, 5.41) is 2.85. The summed E-state index contributed by atoms with van der Waals surface area (Å²) in [5.41, 5.74) is 0.688. The first-order valence-corrected chi connectivity index (χ1v) is 6.48. The topological polar surface area (TPSA) is 51.1 Å². The number of nitrogens with zero attached hydrogens (tertiary/aromatic N) is 1. The van der Waals surface area contributed by atoms with Crippen molar-refractivity contribution < 1.29 is 9.59 Å². The van der Waals surface area contributed by atoms with Crippen LogP contribution >= 0.6 is 0 Å². The average Bonchev–Trinajstić information content (AvgIpc) is 2.75. The molecule has 0 bridgehead atoms. The first-order valence-electron chi connectivity index (χ1n) is 6.48. The zero-order chi connectivity index (χ0) is 13.5. The molecule has 0 spiro atoms. The van der Waals surface area contributed by atoms with Crippen LogP contribution in [-0.4, -0.2) is 22.8 Å². The van der Waals surface area contributed by atoms with E-state index in [0.717, 1.165) is 6.42 Å². The summed E-state index contributed by atoms with van der Waals surface area (Å²) in [6.45, 7) is 7.04. The number of hydrogen-bond donors (Lipinski definition) is 1. The SMILES string of the molecule is CCCC(=O)c1ccn(CC(=O)NCC(C)C)c1. The molecule has 18 heavy (non-hydrogen) atoms. The highest BCUT2D eigenvalue weighted by atomic mass is 16.2. The van der Waals surface area contributed by atoms with Gasteiger partial charge in [0.2, 0.25) is 5.91 Å². The van der Waals surface area contributed by atoms with Crippen molar-refractivity contribution in [3.63, 3.8) is 0 Å². The van der Waals surface area contributed by atoms with E-state index < -0.39 is 0 Å². The molecule has 1 N–H and O–H groups in total. The van der Waals surface area contributed by atoms with Gasteiger partial charge in [0.15, 0.2) is 5.78 Å². The molecular weight excluding hydrogens is 228 g/mol. The lowest BCUT2D eigenvalue weighted by molar-refractivity contribution is -0.121. The number of carbonyl (C=O) groups excluding carboxylic acids is 2. The molecule has 1 aromatic rings. The van der Waals surface area contributed by atoms with E-state index in [-0.39, 0.29) is 18.2 Å². The summed E-state index contributed by atoms with van der Waals surface area (Å²) in [7, 11) is 0. The second-order valence-electron chi connectivity index (χ2n) is 4.94. The van der Waals surface area contributed by atoms with Gasteiger partial charge in [-0.25, -0.2) is 0 Å². The van der Waals surface area contributed by atoms with Crippen molar-refractivity contribution in [2.75, 3.05) is 6.54 Å². The van der Waals surface area contributed by atoms with Crippen molar-refractivity contribution in [2.24, 2.45) is 5.92 Å². The Bertz CT molecular complexity index is 408. The van der Waals surface area contributed by atoms with Gasteiger partial charge in [-0.2, -0.15) is 0 Å². The summed E-state index contributed by atoms with van der Waals surface area (Å²) >= 11 is 0. The van der Waals surface area contributed by atoms with Gasteiger partial charge in [0.25, 0.3) is 0 Å². The van der Waals surface area contributed by atoms with Gasteiger partial charge in [-0.15, -0.1) is 0 Å². The molecule has 0 saturated heterocycles. The standard InChI is InChI=1S/C14H22N2O2/c1-4-5-13(17)12-6-7-16(9-12)10-14(18)15-8-11(2)3/h6-7,9,11H,4-5,8,10H2,1-3H3,(H,15,18). The highest BCUT2D eigenvalue weighted by molar-refractivity contribution is 5.95. The third-order valence-corrected chi connectivity index (χ3v) is 2.58. The molecule has 1 aromatic heterocycles. The zero-order valence-corrected chi connectivity index (χ0v) is 11.4. The Morgan fingerprint density at radius 2 is 2.11 bits per heavy atom. The maximum absolute atomic E-state index is 11.6. The Morgan fingerprint density at radius 3 is 2.72 bits per heavy atom. The second-order valence-corrected chi connectivity index (χ2v) is 4.94. The molecular formula is C14H22N2O2. The fourth-order valence-corrected chi connectivity index (χ4v) is 1.62. The van der Waals surface area contributed by atoms with Crippen LogP contribution in [-0.2, 0) is 11.3 Å². The highest BCUT2D eigenvalue weighted by Gasteiger charge is 2.08. The molecule has 1 amide bonds. The van der Waals surface area contributed by atoms with Crippen LogP contribution in [0.25, 0.3) is 0 Å². The number of nitrogens with one attached hydrogen (secondary N) is 1. The predicted molar refractivity (Wildman–Crippen MR) is 71.5 cm³/mol. The van der Waals surface area contributed by atoms with Crippen LogP contribution in [0, 0.1) is 5.92 Å². The smallest absolute Gasteiger partial charge is 0.239 e. The van der Waals surface area contributed by atoms with E-state index in [2.05, 4.69) is 19.2 Å². The number of Topliss-reactive ketones (excluding diaryl/α,β-unsaturated/α-hetero) is 1. The summed E-state index contributed by atoms with van der Waals surface area (Å²) in [4.78, 5) is 23.2. The summed E-state index contributed by atoms with van der Waals surface area (Å²) in [5.74, 6) is 0.563. The minimum atomic E-state index is -0.0196. The van der Waals surface area contributed by atoms with Gasteiger partial charge >= 0.3 is 0 Å². The molecule has 0 aliphatic rings. The number of rotatable bonds is 7. The zero-order valence-electron chi connectivity index (χ0n) is 11.4. The number of hydrogen-bond acceptors (Lipinski definition) is 2. The number of carbonyl (C=O) groups is 2. The first-order chi connectivity index (χ1) is 8.52. The highest BCUT2D eigenvalue weighted by Crippen LogP contribution is 2.06. The summed E-state index contributed by atoms with van der Waals surface area (Å²) < 4.78 is 1.75. The van der Waals surface area contributed by atoms with E-state index in [9.17, 15) is 9.59 Å². The minimum Gasteiger partial charge on any atom is -0.354 e. The van der Waals surface area contributed by atoms with E-state index in [1.807, 2.05) is 6.92 Å². The quantitative estimate of drug-likeness (QED) is 0.754. The molecule has 4 heteroatoms. The van der Waals surface area contributed by atoms with Crippen molar-refractivity contribution >= 4 is 11.7 Å². The van der Waals surface area contributed by atoms with Crippen molar-refractivity contribution in [3.05, 3.63) is 24.0 Å². The molecule has 0 radical (unpaired) electrons. The van der Waals surface area contributed by atoms with Crippen molar-refractivity contribution in [3.8, 4) is 0 Å². The molecule has 0 aliphatic carbocycles. The van der Waals surface area contributed by atoms with Crippen molar-refractivity contribution in [2.45, 2.75) is 40.2 Å². The van der Waals surface area contributed by atoms with Crippen LogP contribution in [0.2, 0.25) is 0 Å². The second kappa shape index (κ2) is 6.99. The maximum atomic E-state index is 11.6. The van der Waals surface area contributed by atoms with Gasteiger partial charge in [0.05, 0.1) is 0 Å². The molecule has 0 fully saturated rings. The molecule has 4 nitrogen and oxygen atoms in total. The molecule has 0 unspecified atom stereocenters. The van der Waals surface area contributed by atoms with Crippen LogP contribution in [0.1, 0.15) is 44.0 Å². The molecule has 0 atom stereocenters. The van der Waals surface area contributed by atoms with Gasteiger partial charge in [0, 0.05) is 30.9 Å². The fourth-order valence-electron chi connectivity index (χ4n) is 1.62. The van der Waals surface area contributed by atoms with Gasteiger partial charge in [-0.1, -0.05) is 20.8 Å². The normalized spacial score (nSPS) is 10.7. The number of aromatic nitrogens is 1. The van der Waals surface area contributed by atoms with E-state index in [0.29, 0.717) is 24.4 Å². The van der Waals surface area contributed by atoms with E-state index in [1.54, 1.807) is 23.0 Å². The fraction of sp³-hybridized carbons (Fsp3) is 0.571. The minimum absolute atomic E-state index is 0.0196. The lowest BCUT2D eigenvalue weighted by atomic mass is 10.1. The lowest BCUT2D eigenvalue weighted by Crippen LogP contribution is -2.30. The average molecular weight is 250 g/mol. The maximum Gasteiger partial charge on any atom is 0.239 e. The van der Waals surface area contributed by atoms with Gasteiger partial charge in [-0.3, -0.25) is 9.59 Å². The summed E-state index contributed by atoms with van der Waals surface area (Å²) in [6, 6.07) is 1.77. The van der Waals surface area contributed by atoms with E-state index in [4.69, 9.17) is 0 Å². The van der Waals surface area contributed by atoms with Crippen LogP contribution < -0.4 is 5.32 Å². The van der Waals surface area contributed by atoms with Crippen LogP contribution in [0.3, 0.4) is 0 Å². The Labute approximate surface area is 108 Å². The molecule has 1 rings (SSSR count). The molecule has 100 valence electrons. The monoisotopic (exact) mass is 250 g/mol. The van der Waals surface area contributed by atoms with Crippen LogP contribution in [0.15, 0.2) is 18.5 Å². The molecule has 0 saturated carbocycles. The van der Waals surface area contributed by atoms with Crippen molar-refractivity contribution in [1.82, 2.24) is 9.88 Å². The number of ketones is 1. The first kappa shape index (κ1) is 14.5. The van der Waals surface area contributed by atoms with Gasteiger partial charge in [0.1, 0.15) is 6.54 Å². The van der Waals surface area contributed by atoms with Crippen LogP contribution in [0.5, 0.6) is 0 Å². The van der Waals surface area contributed by atoms with Gasteiger partial charge in [-0.05, 0) is 18.4 Å². The van der Waals surface area contributed by atoms with Crippen molar-refractivity contribution in [1.29, 1.82) is 0 Å². The van der Waals surface area contributed by atoms with E-state index in [1.165, 1.54) is 0 Å². The molecule has 0 aromatic carbocycles. The Kier molecular flexibility index (Phi) is 5.62. The predicted octanol–water partition coefficient (Wildman–Crippen LogP) is 2.24. The molecule has 1 heterocycles. The van der Waals surface area contributed by atoms with Gasteiger partial charge < -0.3 is 9.88 Å².